The number of unbranched alkanes of at least 4 members (excludes halogenated alkanes) is 3. The standard InChI is InChI=1S/C99H166N14O33/c1-15-63(8)84(76(138-13)54-80(123)112-41-25-30-71(112)90(139-14)64(9)91(129)103-65(10)85(124)67-26-18-16-19-27-67)109(11)96(134)82(61(4)5)108-95(133)83(62(6)7)110(12)99(137)146-59-66-32-34-68(35-33-66)104-92(130)70(29-24-39-101-97(100)135)106-94(132)81(60(2)3)107-93(131)69(105-77(120)31-20-17-23-40-113-78(121)36-37-79(113)122)28-21-22-38-102-98(136)145-53-52-144-51-50-143-49-48-142-47-46-141-45-44-140-43-42-111(55-72(116)86(125)88(127)74(118)57-114)56-73(117)87(126)89(128)75(119)58-115/h16,18-19,26-27,32-37,60-65,69-76,81-90,114-119,124-128H,15,17,20-25,28-31,38-59H2,1-14H3,(H,102,136)(H,103,129)(H,104,130)(H,105,120)(H,106,132)(H,107,131)(H,108,133)(H3,100,101,135)/t63-,64+,65+,69-,70-,71-,72-,73-,74+,75+,76+,81-,82-,83-,84-,85+,86+,87+,88+,89+,90+/m0/s1. The molecule has 21 atom stereocenters. The number of carbonyl (C=O) groups excluding carboxylic acids is 13. The minimum absolute atomic E-state index is 0.0148. The molecule has 14 amide bonds. The summed E-state index contributed by atoms with van der Waals surface area (Å²) in [7, 11) is 5.99. The monoisotopic (exact) mass is 2080 g/mol. The molecule has 2 aliphatic rings. The van der Waals surface area contributed by atoms with Gasteiger partial charge in [-0.1, -0.05) is 118 Å². The Labute approximate surface area is 855 Å². The van der Waals surface area contributed by atoms with Crippen molar-refractivity contribution in [2.75, 3.05) is 165 Å². The zero-order chi connectivity index (χ0) is 109. The van der Waals surface area contributed by atoms with Crippen molar-refractivity contribution in [3.63, 3.8) is 0 Å². The number of alkyl carbamates (subject to hydrolysis) is 1. The Morgan fingerprint density at radius 2 is 1.05 bits per heavy atom. The predicted molar refractivity (Wildman–Crippen MR) is 531 cm³/mol. The molecule has 1 fully saturated rings. The SMILES string of the molecule is CC[C@H](C)[C@@H]([C@@H](CC(=O)N1CCC[C@H]1[C@H](OC)[C@@H](C)C(=O)N[C@H](C)[C@@H](O)c1ccccc1)OC)N(C)C(=O)[C@@H](NC(=O)[C@H](C(C)C)N(C)C(=O)OCc1ccc(NC(=O)[C@H](CCCNC(N)=O)NC(=O)[C@@H](NC(=O)[C@H](CCCCNC(=O)OCCOCCOCCOCCOCCOCCN(C[C@H](O)[C@@H](O)[C@H](O)[C@H](O)CO)C[C@H](O)[C@@H](O)[C@H](O)[C@H](O)CO)NC(=O)CCCCCN2C(=O)C=CC2=O)C(C)C)cc1)C(C)C. The van der Waals surface area contributed by atoms with Gasteiger partial charge in [0.2, 0.25) is 47.3 Å². The van der Waals surface area contributed by atoms with Crippen LogP contribution < -0.4 is 48.3 Å². The topological polar surface area (TPSA) is 666 Å². The smallest absolute Gasteiger partial charge is 0.410 e. The van der Waals surface area contributed by atoms with E-state index in [0.717, 1.165) is 9.80 Å². The van der Waals surface area contributed by atoms with E-state index < -0.39 is 231 Å². The molecule has 0 aromatic heterocycles. The van der Waals surface area contributed by atoms with Crippen LogP contribution in [0.15, 0.2) is 66.7 Å². The first-order valence-corrected chi connectivity index (χ1v) is 50.3. The van der Waals surface area contributed by atoms with E-state index >= 15 is 0 Å². The summed E-state index contributed by atoms with van der Waals surface area (Å²) >= 11 is 0. The maximum atomic E-state index is 15.0. The van der Waals surface area contributed by atoms with Crippen LogP contribution in [0.3, 0.4) is 0 Å². The molecule has 2 aliphatic heterocycles. The average Bonchev–Trinajstić information content (AvgIpc) is 1.39. The minimum atomic E-state index is -1.94. The van der Waals surface area contributed by atoms with Crippen LogP contribution in [0.5, 0.6) is 0 Å². The van der Waals surface area contributed by atoms with Crippen LogP contribution in [-0.2, 0) is 97.2 Å². The van der Waals surface area contributed by atoms with Gasteiger partial charge in [0.05, 0.1) is 140 Å². The van der Waals surface area contributed by atoms with Gasteiger partial charge < -0.3 is 157 Å². The second-order valence-electron chi connectivity index (χ2n) is 37.8. The summed E-state index contributed by atoms with van der Waals surface area (Å²) in [6.07, 6.45) is -13.0. The number of rotatable bonds is 75. The van der Waals surface area contributed by atoms with E-state index in [0.29, 0.717) is 62.6 Å². The lowest BCUT2D eigenvalue weighted by atomic mass is 9.89. The highest BCUT2D eigenvalue weighted by Gasteiger charge is 2.46. The first kappa shape index (κ1) is 128. The Hall–Kier alpha value is -9.87. The molecule has 830 valence electrons. The number of nitrogens with zero attached hydrogens (tertiary/aromatic N) is 5. The van der Waals surface area contributed by atoms with Crippen LogP contribution in [0.25, 0.3) is 0 Å². The number of anilines is 1. The third-order valence-electron chi connectivity index (χ3n) is 25.6. The van der Waals surface area contributed by atoms with Gasteiger partial charge in [0.1, 0.15) is 80.0 Å². The van der Waals surface area contributed by atoms with E-state index in [2.05, 4.69) is 42.5 Å². The summed E-state index contributed by atoms with van der Waals surface area (Å²) in [5.74, 6) is -7.83. The van der Waals surface area contributed by atoms with E-state index in [1.165, 1.54) is 55.4 Å². The molecule has 0 spiro atoms. The van der Waals surface area contributed by atoms with Crippen LogP contribution in [-0.4, -0.2) is 427 Å². The zero-order valence-corrected chi connectivity index (χ0v) is 87.0. The number of ether oxygens (including phenoxy) is 9. The molecule has 0 saturated carbocycles. The van der Waals surface area contributed by atoms with Gasteiger partial charge in [-0.05, 0) is 112 Å². The molecule has 2 aromatic carbocycles. The summed E-state index contributed by atoms with van der Waals surface area (Å²) in [6.45, 7) is 16.6. The van der Waals surface area contributed by atoms with E-state index in [4.69, 9.17) is 58.6 Å². The Morgan fingerprint density at radius 3 is 1.58 bits per heavy atom. The van der Waals surface area contributed by atoms with Crippen molar-refractivity contribution in [2.45, 2.75) is 275 Å². The number of amides is 14. The second-order valence-corrected chi connectivity index (χ2v) is 37.8. The van der Waals surface area contributed by atoms with Gasteiger partial charge in [-0.2, -0.15) is 0 Å². The molecule has 0 aliphatic carbocycles. The number of primary amides is 1. The number of imide groups is 1. The van der Waals surface area contributed by atoms with Gasteiger partial charge in [-0.3, -0.25) is 62.6 Å². The van der Waals surface area contributed by atoms with E-state index in [9.17, 15) is 108 Å². The maximum Gasteiger partial charge on any atom is 0.410 e. The van der Waals surface area contributed by atoms with E-state index in [-0.39, 0.29) is 167 Å². The summed E-state index contributed by atoms with van der Waals surface area (Å²) in [5.41, 5.74) is 6.70. The number of urea groups is 1. The van der Waals surface area contributed by atoms with Crippen LogP contribution >= 0.6 is 0 Å². The molecular formula is C99H166N14O33. The van der Waals surface area contributed by atoms with Crippen molar-refractivity contribution in [3.8, 4) is 0 Å². The van der Waals surface area contributed by atoms with Crippen molar-refractivity contribution in [1.82, 2.24) is 61.7 Å². The number of methoxy groups -OCH3 is 2. The van der Waals surface area contributed by atoms with E-state index in [1.807, 2.05) is 19.9 Å². The summed E-state index contributed by atoms with van der Waals surface area (Å²) in [4.78, 5) is 184. The fourth-order valence-electron chi connectivity index (χ4n) is 16.8. The van der Waals surface area contributed by atoms with Crippen LogP contribution in [0.1, 0.15) is 170 Å². The molecule has 2 aromatic rings. The zero-order valence-electron chi connectivity index (χ0n) is 87.0. The second kappa shape index (κ2) is 69.4. The van der Waals surface area contributed by atoms with Crippen LogP contribution in [0.4, 0.5) is 20.1 Å². The summed E-state index contributed by atoms with van der Waals surface area (Å²) in [5, 5.41) is 133. The number of aliphatic hydroxyl groups is 11. The highest BCUT2D eigenvalue weighted by atomic mass is 16.6. The van der Waals surface area contributed by atoms with Gasteiger partial charge in [-0.25, -0.2) is 14.4 Å². The Bertz CT molecular complexity index is 4200. The highest BCUT2D eigenvalue weighted by molar-refractivity contribution is 6.13. The number of benzene rings is 2. The van der Waals surface area contributed by atoms with Crippen LogP contribution in [0.2, 0.25) is 0 Å². The number of nitrogens with one attached hydrogen (secondary N) is 8. The molecule has 47 heteroatoms. The molecule has 2 heterocycles. The molecule has 0 unspecified atom stereocenters. The third-order valence-corrected chi connectivity index (χ3v) is 25.6. The van der Waals surface area contributed by atoms with Gasteiger partial charge in [0.15, 0.2) is 0 Å². The van der Waals surface area contributed by atoms with Crippen molar-refractivity contribution in [3.05, 3.63) is 77.9 Å². The average molecular weight is 2080 g/mol. The van der Waals surface area contributed by atoms with Crippen molar-refractivity contribution in [2.24, 2.45) is 35.3 Å². The van der Waals surface area contributed by atoms with Crippen LogP contribution in [0, 0.1) is 29.6 Å². The minimum Gasteiger partial charge on any atom is -0.447 e. The number of hydrogen-bond donors (Lipinski definition) is 20. The van der Waals surface area contributed by atoms with Gasteiger partial charge in [0, 0.05) is 98.4 Å². The van der Waals surface area contributed by atoms with Crippen molar-refractivity contribution >= 4 is 83.0 Å². The quantitative estimate of drug-likeness (QED) is 0.0271. The normalized spacial score (nSPS) is 17.4. The number of carbonyl (C=O) groups is 13. The Kier molecular flexibility index (Phi) is 61.1. The lowest BCUT2D eigenvalue weighted by Crippen LogP contribution is -2.60. The van der Waals surface area contributed by atoms with Crippen molar-refractivity contribution in [1.29, 1.82) is 0 Å². The van der Waals surface area contributed by atoms with Crippen molar-refractivity contribution < 1.29 is 161 Å². The third kappa shape index (κ3) is 44.9. The lowest BCUT2D eigenvalue weighted by Gasteiger charge is -2.41. The lowest BCUT2D eigenvalue weighted by molar-refractivity contribution is -0.148. The highest BCUT2D eigenvalue weighted by Crippen LogP contribution is 2.32. The Morgan fingerprint density at radius 1 is 0.527 bits per heavy atom. The molecular weight excluding hydrogens is 1910 g/mol. The molecule has 21 N–H and O–H groups in total. The number of likely N-dealkylation sites (N-methyl/N-ethyl adjacent to an activating group) is 2. The molecule has 4 rings (SSSR count). The fraction of sp³-hybridized carbons (Fsp3) is 0.727. The first-order chi connectivity index (χ1) is 69.4. The molecule has 1 saturated heterocycles. The molecule has 146 heavy (non-hydrogen) atoms. The number of likely N-dealkylation sites (tertiary alicyclic amines) is 1. The predicted octanol–water partition coefficient (Wildman–Crippen LogP) is -1.28. The number of aliphatic hydroxyl groups excluding tert-OH is 11. The van der Waals surface area contributed by atoms with Gasteiger partial charge in [-0.15, -0.1) is 0 Å². The Balaban J connectivity index is 1.29. The summed E-state index contributed by atoms with van der Waals surface area (Å²) in [6, 6.07) is 6.53. The first-order valence-electron chi connectivity index (χ1n) is 50.3. The molecule has 0 bridgehead atoms. The largest absolute Gasteiger partial charge is 0.447 e. The maximum absolute atomic E-state index is 15.0. The van der Waals surface area contributed by atoms with Gasteiger partial charge >= 0.3 is 18.2 Å². The molecule has 0 radical (unpaired) electrons. The summed E-state index contributed by atoms with van der Waals surface area (Å²) < 4.78 is 50.7. The number of nitrogens with two attached hydrogens (primary N) is 1. The van der Waals surface area contributed by atoms with Gasteiger partial charge in [0.25, 0.3) is 11.8 Å². The van der Waals surface area contributed by atoms with E-state index in [1.54, 1.807) is 104 Å². The number of hydrogen-bond acceptors (Lipinski definition) is 34. The fourth-order valence-corrected chi connectivity index (χ4v) is 16.8. The molecule has 47 nitrogen and oxygen atoms in total.